The van der Waals surface area contributed by atoms with Gasteiger partial charge < -0.3 is 14.8 Å². The van der Waals surface area contributed by atoms with E-state index < -0.39 is 17.6 Å². The third-order valence-corrected chi connectivity index (χ3v) is 5.45. The van der Waals surface area contributed by atoms with Crippen LogP contribution in [0.1, 0.15) is 37.4 Å². The van der Waals surface area contributed by atoms with Crippen molar-refractivity contribution >= 4 is 56.5 Å². The summed E-state index contributed by atoms with van der Waals surface area (Å²) in [4.78, 5) is 24.7. The molecule has 0 saturated heterocycles. The summed E-state index contributed by atoms with van der Waals surface area (Å²) in [5.74, 6) is -0.555. The van der Waals surface area contributed by atoms with Crippen LogP contribution in [0.4, 0.5) is 0 Å². The maximum atomic E-state index is 12.4. The molecule has 8 heteroatoms. The van der Waals surface area contributed by atoms with E-state index in [2.05, 4.69) is 5.32 Å². The van der Waals surface area contributed by atoms with Crippen LogP contribution in [0.25, 0.3) is 10.1 Å². The van der Waals surface area contributed by atoms with Crippen molar-refractivity contribution in [2.24, 2.45) is 0 Å². The number of ether oxygens (including phenoxy) is 2. The molecule has 0 spiro atoms. The molecule has 1 amide bonds. The van der Waals surface area contributed by atoms with Crippen molar-refractivity contribution in [1.82, 2.24) is 5.32 Å². The molecule has 0 unspecified atom stereocenters. The first-order chi connectivity index (χ1) is 11.5. The number of rotatable bonds is 4. The number of carbonyl (C=O) groups is 2. The Kier molecular flexibility index (Phi) is 5.86. The maximum absolute atomic E-state index is 12.4. The van der Waals surface area contributed by atoms with E-state index in [0.29, 0.717) is 20.9 Å². The molecule has 0 aliphatic heterocycles. The number of hydrogen-bond acceptors (Lipinski definition) is 5. The smallest absolute Gasteiger partial charge is 0.350 e. The molecule has 25 heavy (non-hydrogen) atoms. The third-order valence-electron chi connectivity index (χ3n) is 3.26. The number of halogens is 2. The van der Waals surface area contributed by atoms with Gasteiger partial charge in [-0.25, -0.2) is 4.79 Å². The lowest BCUT2D eigenvalue weighted by Crippen LogP contribution is -2.46. The van der Waals surface area contributed by atoms with E-state index in [1.807, 2.05) is 20.8 Å². The van der Waals surface area contributed by atoms with Gasteiger partial charge in [-0.05, 0) is 39.8 Å². The molecule has 0 aliphatic carbocycles. The number of methoxy groups -OCH3 is 1. The molecular formula is C17H19Cl2NO4S. The fourth-order valence-electron chi connectivity index (χ4n) is 2.11. The molecule has 1 atom stereocenters. The fourth-order valence-corrected chi connectivity index (χ4v) is 3.88. The minimum absolute atomic E-state index is 0.197. The molecule has 0 aliphatic rings. The van der Waals surface area contributed by atoms with Gasteiger partial charge in [-0.15, -0.1) is 11.3 Å². The lowest BCUT2D eigenvalue weighted by Gasteiger charge is -2.23. The van der Waals surface area contributed by atoms with Crippen LogP contribution in [-0.2, 0) is 9.53 Å². The van der Waals surface area contributed by atoms with Gasteiger partial charge in [0, 0.05) is 10.9 Å². The molecule has 0 bridgehead atoms. The predicted octanol–water partition coefficient (Wildman–Crippen LogP) is 4.68. The van der Waals surface area contributed by atoms with Crippen molar-refractivity contribution < 1.29 is 19.1 Å². The van der Waals surface area contributed by atoms with Crippen molar-refractivity contribution in [2.75, 3.05) is 7.11 Å². The first-order valence-corrected chi connectivity index (χ1v) is 9.10. The monoisotopic (exact) mass is 403 g/mol. The Morgan fingerprint density at radius 1 is 1.20 bits per heavy atom. The zero-order valence-corrected chi connectivity index (χ0v) is 16.9. The molecule has 1 aromatic heterocycles. The lowest BCUT2D eigenvalue weighted by atomic mass is 10.1. The number of thiophene rings is 1. The summed E-state index contributed by atoms with van der Waals surface area (Å²) in [6, 6.07) is 3.41. The van der Waals surface area contributed by atoms with Crippen LogP contribution in [0.15, 0.2) is 12.1 Å². The Morgan fingerprint density at radius 3 is 2.40 bits per heavy atom. The first-order valence-electron chi connectivity index (χ1n) is 7.52. The van der Waals surface area contributed by atoms with Crippen molar-refractivity contribution in [1.29, 1.82) is 0 Å². The Hall–Kier alpha value is -1.50. The van der Waals surface area contributed by atoms with Gasteiger partial charge >= 0.3 is 5.97 Å². The summed E-state index contributed by atoms with van der Waals surface area (Å²) in [6.45, 7) is 7.04. The van der Waals surface area contributed by atoms with E-state index >= 15 is 0 Å². The van der Waals surface area contributed by atoms with Crippen LogP contribution in [0.2, 0.25) is 10.0 Å². The number of hydrogen-bond donors (Lipinski definition) is 1. The van der Waals surface area contributed by atoms with Crippen LogP contribution in [0.3, 0.4) is 0 Å². The highest BCUT2D eigenvalue weighted by atomic mass is 35.5. The second-order valence-corrected chi connectivity index (χ2v) is 8.27. The standard InChI is InChI=1S/C17H19Cl2NO4S/c1-8(15(21)20-17(2,3)4)24-16(22)14-11(18)9-6-7-10(23-5)12(19)13(9)25-14/h6-8H,1-5H3,(H,20,21)/t8-/m1/s1. The number of esters is 1. The summed E-state index contributed by atoms with van der Waals surface area (Å²) < 4.78 is 11.0. The molecular weight excluding hydrogens is 385 g/mol. The second kappa shape index (κ2) is 7.40. The second-order valence-electron chi connectivity index (χ2n) is 6.49. The Labute approximate surface area is 160 Å². The molecule has 136 valence electrons. The third kappa shape index (κ3) is 4.37. The molecule has 0 saturated carbocycles. The fraction of sp³-hybridized carbons (Fsp3) is 0.412. The van der Waals surface area contributed by atoms with Crippen LogP contribution in [0.5, 0.6) is 5.75 Å². The molecule has 1 N–H and O–H groups in total. The van der Waals surface area contributed by atoms with Crippen molar-refractivity contribution in [3.8, 4) is 5.75 Å². The van der Waals surface area contributed by atoms with E-state index in [1.165, 1.54) is 14.0 Å². The van der Waals surface area contributed by atoms with Crippen molar-refractivity contribution in [3.05, 3.63) is 27.1 Å². The maximum Gasteiger partial charge on any atom is 0.350 e. The van der Waals surface area contributed by atoms with E-state index in [4.69, 9.17) is 32.7 Å². The minimum atomic E-state index is -0.946. The van der Waals surface area contributed by atoms with E-state index in [1.54, 1.807) is 12.1 Å². The average molecular weight is 404 g/mol. The van der Waals surface area contributed by atoms with Gasteiger partial charge in [-0.3, -0.25) is 4.79 Å². The largest absolute Gasteiger partial charge is 0.495 e. The number of fused-ring (bicyclic) bond motifs is 1. The summed E-state index contributed by atoms with van der Waals surface area (Å²) in [5, 5.41) is 4.02. The Balaban J connectivity index is 2.26. The van der Waals surface area contributed by atoms with Gasteiger partial charge in [0.2, 0.25) is 0 Å². The summed E-state index contributed by atoms with van der Waals surface area (Å²) in [6.07, 6.45) is -0.946. The van der Waals surface area contributed by atoms with Crippen molar-refractivity contribution in [2.45, 2.75) is 39.3 Å². The van der Waals surface area contributed by atoms with Gasteiger partial charge in [0.15, 0.2) is 6.10 Å². The molecule has 2 aromatic rings. The van der Waals surface area contributed by atoms with E-state index in [0.717, 1.165) is 11.3 Å². The summed E-state index contributed by atoms with van der Waals surface area (Å²) >= 11 is 13.7. The number of benzene rings is 1. The Bertz CT molecular complexity index is 826. The Morgan fingerprint density at radius 2 is 1.84 bits per heavy atom. The highest BCUT2D eigenvalue weighted by Crippen LogP contribution is 2.43. The number of nitrogens with one attached hydrogen (secondary N) is 1. The lowest BCUT2D eigenvalue weighted by molar-refractivity contribution is -0.130. The van der Waals surface area contributed by atoms with Crippen LogP contribution >= 0.6 is 34.5 Å². The van der Waals surface area contributed by atoms with Gasteiger partial charge in [-0.2, -0.15) is 0 Å². The SMILES string of the molecule is COc1ccc2c(Cl)c(C(=O)O[C@H](C)C(=O)NC(C)(C)C)sc2c1Cl. The minimum Gasteiger partial charge on any atom is -0.495 e. The van der Waals surface area contributed by atoms with Gasteiger partial charge in [0.05, 0.1) is 16.8 Å². The quantitative estimate of drug-likeness (QED) is 0.752. The molecule has 0 fully saturated rings. The van der Waals surface area contributed by atoms with E-state index in [-0.39, 0.29) is 15.8 Å². The zero-order chi connectivity index (χ0) is 18.9. The zero-order valence-electron chi connectivity index (χ0n) is 14.5. The summed E-state index contributed by atoms with van der Waals surface area (Å²) in [5.41, 5.74) is -0.420. The number of amides is 1. The topological polar surface area (TPSA) is 64.6 Å². The van der Waals surface area contributed by atoms with Crippen LogP contribution in [0, 0.1) is 0 Å². The van der Waals surface area contributed by atoms with Crippen LogP contribution in [-0.4, -0.2) is 30.6 Å². The molecule has 1 heterocycles. The van der Waals surface area contributed by atoms with Gasteiger partial charge in [0.1, 0.15) is 15.6 Å². The molecule has 0 radical (unpaired) electrons. The average Bonchev–Trinajstić information content (AvgIpc) is 2.84. The predicted molar refractivity (Wildman–Crippen MR) is 101 cm³/mol. The van der Waals surface area contributed by atoms with Gasteiger partial charge in [-0.1, -0.05) is 23.2 Å². The summed E-state index contributed by atoms with van der Waals surface area (Å²) in [7, 11) is 1.51. The highest BCUT2D eigenvalue weighted by Gasteiger charge is 2.26. The molecule has 2 rings (SSSR count). The number of carbonyl (C=O) groups excluding carboxylic acids is 2. The van der Waals surface area contributed by atoms with Gasteiger partial charge in [0.25, 0.3) is 5.91 Å². The highest BCUT2D eigenvalue weighted by molar-refractivity contribution is 7.22. The normalized spacial score (nSPS) is 12.8. The molecule has 1 aromatic carbocycles. The first kappa shape index (κ1) is 19.8. The van der Waals surface area contributed by atoms with Crippen molar-refractivity contribution in [3.63, 3.8) is 0 Å². The van der Waals surface area contributed by atoms with Crippen LogP contribution < -0.4 is 10.1 Å². The van der Waals surface area contributed by atoms with E-state index in [9.17, 15) is 9.59 Å². The molecule has 5 nitrogen and oxygen atoms in total.